The molecule has 0 spiro atoms. The summed E-state index contributed by atoms with van der Waals surface area (Å²) in [6.07, 6.45) is 7.78. The maximum absolute atomic E-state index is 13.5. The van der Waals surface area contributed by atoms with Crippen LogP contribution in [0.4, 0.5) is 4.39 Å². The summed E-state index contributed by atoms with van der Waals surface area (Å²) >= 11 is 0. The number of hydrogen-bond acceptors (Lipinski definition) is 2. The molecule has 0 amide bonds. The molecule has 0 radical (unpaired) electrons. The van der Waals surface area contributed by atoms with Gasteiger partial charge in [-0.25, -0.2) is 4.39 Å². The van der Waals surface area contributed by atoms with Crippen LogP contribution in [0.25, 0.3) is 10.9 Å². The van der Waals surface area contributed by atoms with Gasteiger partial charge in [0.05, 0.1) is 5.52 Å². The van der Waals surface area contributed by atoms with Gasteiger partial charge in [-0.3, -0.25) is 4.98 Å². The largest absolute Gasteiger partial charge is 0.328 e. The van der Waals surface area contributed by atoms with E-state index in [1.165, 1.54) is 37.3 Å². The fourth-order valence-corrected chi connectivity index (χ4v) is 3.73. The summed E-state index contributed by atoms with van der Waals surface area (Å²) in [7, 11) is 0. The van der Waals surface area contributed by atoms with Crippen molar-refractivity contribution in [1.29, 1.82) is 0 Å². The number of rotatable bonds is 3. The lowest BCUT2D eigenvalue weighted by atomic mass is 9.76. The molecule has 3 heteroatoms. The zero-order valence-electron chi connectivity index (χ0n) is 12.6. The first-order chi connectivity index (χ1) is 10.1. The van der Waals surface area contributed by atoms with Gasteiger partial charge in [0.1, 0.15) is 5.82 Å². The van der Waals surface area contributed by atoms with Gasteiger partial charge >= 0.3 is 0 Å². The third-order valence-corrected chi connectivity index (χ3v) is 4.73. The molecule has 1 aliphatic rings. The summed E-state index contributed by atoms with van der Waals surface area (Å²) in [6, 6.07) is 7.25. The van der Waals surface area contributed by atoms with Gasteiger partial charge in [-0.05, 0) is 80.7 Å². The molecular formula is C18H23FN2. The molecule has 1 saturated carbocycles. The smallest absolute Gasteiger partial charge is 0.123 e. The van der Waals surface area contributed by atoms with Crippen molar-refractivity contribution < 1.29 is 4.39 Å². The average molecular weight is 286 g/mol. The van der Waals surface area contributed by atoms with Crippen molar-refractivity contribution in [2.75, 3.05) is 0 Å². The van der Waals surface area contributed by atoms with Crippen LogP contribution in [0.15, 0.2) is 30.5 Å². The van der Waals surface area contributed by atoms with Gasteiger partial charge in [0.15, 0.2) is 0 Å². The Kier molecular flexibility index (Phi) is 4.20. The van der Waals surface area contributed by atoms with Gasteiger partial charge in [0.2, 0.25) is 0 Å². The molecular weight excluding hydrogens is 263 g/mol. The first kappa shape index (κ1) is 14.5. The quantitative estimate of drug-likeness (QED) is 0.909. The van der Waals surface area contributed by atoms with E-state index in [0.29, 0.717) is 12.0 Å². The highest BCUT2D eigenvalue weighted by molar-refractivity contribution is 5.82. The lowest BCUT2D eigenvalue weighted by molar-refractivity contribution is 0.298. The summed E-state index contributed by atoms with van der Waals surface area (Å²) in [6.45, 7) is 2.09. The van der Waals surface area contributed by atoms with Crippen molar-refractivity contribution in [2.45, 2.75) is 51.0 Å². The van der Waals surface area contributed by atoms with E-state index < -0.39 is 0 Å². The zero-order chi connectivity index (χ0) is 14.8. The van der Waals surface area contributed by atoms with Gasteiger partial charge in [-0.1, -0.05) is 0 Å². The van der Waals surface area contributed by atoms with Crippen LogP contribution in [-0.2, 0) is 0 Å². The molecule has 1 aromatic heterocycles. The minimum Gasteiger partial charge on any atom is -0.328 e. The Morgan fingerprint density at radius 1 is 1.24 bits per heavy atom. The summed E-state index contributed by atoms with van der Waals surface area (Å²) in [4.78, 5) is 4.35. The van der Waals surface area contributed by atoms with Crippen LogP contribution in [0.3, 0.4) is 0 Å². The first-order valence-electron chi connectivity index (χ1n) is 7.93. The molecule has 21 heavy (non-hydrogen) atoms. The monoisotopic (exact) mass is 286 g/mol. The minimum atomic E-state index is -0.178. The number of benzene rings is 1. The Hall–Kier alpha value is -1.48. The SMILES string of the molecule is CC(N)CC1CCC(c2ccnc3ccc(F)cc23)CC1. The molecule has 2 aromatic rings. The van der Waals surface area contributed by atoms with E-state index in [1.807, 2.05) is 6.20 Å². The van der Waals surface area contributed by atoms with Gasteiger partial charge in [-0.2, -0.15) is 0 Å². The zero-order valence-corrected chi connectivity index (χ0v) is 12.6. The topological polar surface area (TPSA) is 38.9 Å². The summed E-state index contributed by atoms with van der Waals surface area (Å²) < 4.78 is 13.5. The Morgan fingerprint density at radius 3 is 2.71 bits per heavy atom. The minimum absolute atomic E-state index is 0.178. The standard InChI is InChI=1S/C18H23FN2/c1-12(20)10-13-2-4-14(5-3-13)16-8-9-21-18-7-6-15(19)11-17(16)18/h6-9,11-14H,2-5,10,20H2,1H3. The second kappa shape index (κ2) is 6.10. The number of fused-ring (bicyclic) bond motifs is 1. The van der Waals surface area contributed by atoms with E-state index in [-0.39, 0.29) is 5.82 Å². The fourth-order valence-electron chi connectivity index (χ4n) is 3.73. The molecule has 2 nitrogen and oxygen atoms in total. The predicted molar refractivity (Wildman–Crippen MR) is 84.7 cm³/mol. The molecule has 3 rings (SSSR count). The van der Waals surface area contributed by atoms with Gasteiger partial charge in [-0.15, -0.1) is 0 Å². The lowest BCUT2D eigenvalue weighted by Crippen LogP contribution is -2.22. The Labute approximate surface area is 125 Å². The van der Waals surface area contributed by atoms with Crippen molar-refractivity contribution >= 4 is 10.9 Å². The van der Waals surface area contributed by atoms with Gasteiger partial charge in [0.25, 0.3) is 0 Å². The van der Waals surface area contributed by atoms with Crippen molar-refractivity contribution in [1.82, 2.24) is 4.98 Å². The number of nitrogens with two attached hydrogens (primary N) is 1. The maximum Gasteiger partial charge on any atom is 0.123 e. The highest BCUT2D eigenvalue weighted by Gasteiger charge is 2.24. The number of halogens is 1. The summed E-state index contributed by atoms with van der Waals surface area (Å²) in [5.41, 5.74) is 8.07. The normalized spacial score (nSPS) is 24.1. The highest BCUT2D eigenvalue weighted by atomic mass is 19.1. The van der Waals surface area contributed by atoms with Crippen LogP contribution in [0, 0.1) is 11.7 Å². The maximum atomic E-state index is 13.5. The second-order valence-electron chi connectivity index (χ2n) is 6.49. The predicted octanol–water partition coefficient (Wildman–Crippen LogP) is 4.39. The molecule has 1 aliphatic carbocycles. The highest BCUT2D eigenvalue weighted by Crippen LogP contribution is 2.39. The van der Waals surface area contributed by atoms with Crippen LogP contribution >= 0.6 is 0 Å². The Bertz CT molecular complexity index is 616. The summed E-state index contributed by atoms with van der Waals surface area (Å²) in [5, 5.41) is 0.980. The van der Waals surface area contributed by atoms with Crippen LogP contribution < -0.4 is 5.73 Å². The number of nitrogens with zero attached hydrogens (tertiary/aromatic N) is 1. The summed E-state index contributed by atoms with van der Waals surface area (Å²) in [5.74, 6) is 1.11. The molecule has 1 atom stereocenters. The van der Waals surface area contributed by atoms with Crippen LogP contribution in [0.5, 0.6) is 0 Å². The molecule has 0 bridgehead atoms. The van der Waals surface area contributed by atoms with Crippen molar-refractivity contribution in [2.24, 2.45) is 11.7 Å². The van der Waals surface area contributed by atoms with E-state index in [1.54, 1.807) is 12.1 Å². The molecule has 0 aliphatic heterocycles. The molecule has 1 aromatic carbocycles. The van der Waals surface area contributed by atoms with Crippen LogP contribution in [-0.4, -0.2) is 11.0 Å². The third kappa shape index (κ3) is 3.24. The van der Waals surface area contributed by atoms with Gasteiger partial charge in [0, 0.05) is 17.6 Å². The lowest BCUT2D eigenvalue weighted by Gasteiger charge is -2.30. The third-order valence-electron chi connectivity index (χ3n) is 4.73. The Balaban J connectivity index is 1.81. The van der Waals surface area contributed by atoms with Crippen molar-refractivity contribution in [3.05, 3.63) is 41.8 Å². The number of hydrogen-bond donors (Lipinski definition) is 1. The average Bonchev–Trinajstić information content (AvgIpc) is 2.47. The molecule has 1 unspecified atom stereocenters. The molecule has 2 N–H and O–H groups in total. The molecule has 1 heterocycles. The van der Waals surface area contributed by atoms with Crippen molar-refractivity contribution in [3.63, 3.8) is 0 Å². The molecule has 0 saturated heterocycles. The van der Waals surface area contributed by atoms with E-state index >= 15 is 0 Å². The van der Waals surface area contributed by atoms with Gasteiger partial charge < -0.3 is 5.73 Å². The fraction of sp³-hybridized carbons (Fsp3) is 0.500. The molecule has 1 fully saturated rings. The van der Waals surface area contributed by atoms with E-state index in [0.717, 1.165) is 23.2 Å². The number of pyridine rings is 1. The van der Waals surface area contributed by atoms with Crippen LogP contribution in [0.1, 0.15) is 50.5 Å². The first-order valence-corrected chi connectivity index (χ1v) is 7.93. The van der Waals surface area contributed by atoms with E-state index in [9.17, 15) is 4.39 Å². The van der Waals surface area contributed by atoms with Crippen molar-refractivity contribution in [3.8, 4) is 0 Å². The Morgan fingerprint density at radius 2 is 2.00 bits per heavy atom. The van der Waals surface area contributed by atoms with E-state index in [2.05, 4.69) is 18.0 Å². The molecule has 112 valence electrons. The number of aromatic nitrogens is 1. The second-order valence-corrected chi connectivity index (χ2v) is 6.49. The van der Waals surface area contributed by atoms with E-state index in [4.69, 9.17) is 5.73 Å². The van der Waals surface area contributed by atoms with Crippen LogP contribution in [0.2, 0.25) is 0 Å².